The maximum atomic E-state index is 12.0. The molecule has 0 aromatic heterocycles. The van der Waals surface area contributed by atoms with Crippen LogP contribution in [0.1, 0.15) is 30.1 Å². The van der Waals surface area contributed by atoms with E-state index in [4.69, 9.17) is 16.3 Å². The number of rotatable bonds is 6. The maximum absolute atomic E-state index is 12.0. The summed E-state index contributed by atoms with van der Waals surface area (Å²) in [5.41, 5.74) is 0.567. The summed E-state index contributed by atoms with van der Waals surface area (Å²) < 4.78 is 5.85. The molecular formula is C13H17BrClNO2. The largest absolute Gasteiger partial charge is 0.497 e. The van der Waals surface area contributed by atoms with Gasteiger partial charge in [-0.05, 0) is 47.0 Å². The molecule has 1 amide bonds. The van der Waals surface area contributed by atoms with Crippen LogP contribution in [0.15, 0.2) is 22.7 Å². The fourth-order valence-electron chi connectivity index (χ4n) is 1.45. The van der Waals surface area contributed by atoms with Crippen molar-refractivity contribution in [2.24, 2.45) is 0 Å². The summed E-state index contributed by atoms with van der Waals surface area (Å²) >= 11 is 9.35. The molecule has 18 heavy (non-hydrogen) atoms. The number of hydrogen-bond acceptors (Lipinski definition) is 2. The number of halogens is 2. The molecule has 100 valence electrons. The van der Waals surface area contributed by atoms with Gasteiger partial charge in [-0.2, -0.15) is 0 Å². The molecule has 0 aliphatic heterocycles. The first kappa shape index (κ1) is 15.3. The molecule has 0 bridgehead atoms. The molecule has 0 spiro atoms. The van der Waals surface area contributed by atoms with Gasteiger partial charge in [0, 0.05) is 16.4 Å². The fourth-order valence-corrected chi connectivity index (χ4v) is 1.98. The van der Waals surface area contributed by atoms with Crippen LogP contribution in [-0.2, 0) is 0 Å². The van der Waals surface area contributed by atoms with E-state index in [0.717, 1.165) is 17.3 Å². The van der Waals surface area contributed by atoms with E-state index in [-0.39, 0.29) is 11.3 Å². The van der Waals surface area contributed by atoms with Crippen LogP contribution in [0.3, 0.4) is 0 Å². The Kier molecular flexibility index (Phi) is 6.50. The van der Waals surface area contributed by atoms with E-state index in [1.165, 1.54) is 0 Å². The second-order valence-corrected chi connectivity index (χ2v) is 5.37. The number of carbonyl (C=O) groups excluding carboxylic acids is 1. The third-order valence-corrected chi connectivity index (χ3v) is 3.82. The van der Waals surface area contributed by atoms with Crippen molar-refractivity contribution < 1.29 is 9.53 Å². The maximum Gasteiger partial charge on any atom is 0.252 e. The average molecular weight is 335 g/mol. The topological polar surface area (TPSA) is 38.3 Å². The third kappa shape index (κ3) is 4.50. The van der Waals surface area contributed by atoms with E-state index in [2.05, 4.69) is 21.2 Å². The molecule has 1 N–H and O–H groups in total. The molecule has 1 atom stereocenters. The summed E-state index contributed by atoms with van der Waals surface area (Å²) in [6.07, 6.45) is 1.67. The van der Waals surface area contributed by atoms with E-state index in [1.807, 2.05) is 6.92 Å². The number of ether oxygens (including phenoxy) is 1. The molecule has 1 rings (SSSR count). The van der Waals surface area contributed by atoms with Crippen LogP contribution in [0.25, 0.3) is 0 Å². The van der Waals surface area contributed by atoms with Gasteiger partial charge in [0.1, 0.15) is 5.75 Å². The van der Waals surface area contributed by atoms with Gasteiger partial charge in [0.2, 0.25) is 0 Å². The molecule has 1 unspecified atom stereocenters. The van der Waals surface area contributed by atoms with E-state index >= 15 is 0 Å². The summed E-state index contributed by atoms with van der Waals surface area (Å²) in [5.74, 6) is 0.535. The Morgan fingerprint density at radius 2 is 2.28 bits per heavy atom. The lowest BCUT2D eigenvalue weighted by Gasteiger charge is -2.10. The minimum atomic E-state index is -0.124. The smallest absolute Gasteiger partial charge is 0.252 e. The van der Waals surface area contributed by atoms with Gasteiger partial charge in [-0.3, -0.25) is 4.79 Å². The zero-order valence-corrected chi connectivity index (χ0v) is 12.8. The van der Waals surface area contributed by atoms with Crippen molar-refractivity contribution in [1.82, 2.24) is 5.32 Å². The molecule has 0 aliphatic carbocycles. The molecule has 0 saturated heterocycles. The number of alkyl halides is 1. The van der Waals surface area contributed by atoms with Crippen LogP contribution >= 0.6 is 27.5 Å². The van der Waals surface area contributed by atoms with Crippen molar-refractivity contribution in [1.29, 1.82) is 0 Å². The molecule has 0 heterocycles. The van der Waals surface area contributed by atoms with Crippen molar-refractivity contribution in [2.75, 3.05) is 13.7 Å². The first-order valence-corrected chi connectivity index (χ1v) is 7.07. The van der Waals surface area contributed by atoms with Gasteiger partial charge in [-0.25, -0.2) is 0 Å². The van der Waals surface area contributed by atoms with Crippen LogP contribution in [0.4, 0.5) is 0 Å². The quantitative estimate of drug-likeness (QED) is 0.807. The summed E-state index contributed by atoms with van der Waals surface area (Å²) in [6, 6.07) is 5.30. The Balaban J connectivity index is 2.61. The molecule has 1 aromatic carbocycles. The second-order valence-electron chi connectivity index (χ2n) is 3.90. The number of benzene rings is 1. The molecule has 5 heteroatoms. The van der Waals surface area contributed by atoms with E-state index in [9.17, 15) is 4.79 Å². The predicted octanol–water partition coefficient (Wildman–Crippen LogP) is 3.60. The molecule has 3 nitrogen and oxygen atoms in total. The summed E-state index contributed by atoms with van der Waals surface area (Å²) in [4.78, 5) is 12.0. The SMILES string of the molecule is CCC(Cl)CCNC(=O)c1cc(OC)ccc1Br. The lowest BCUT2D eigenvalue weighted by Crippen LogP contribution is -2.26. The van der Waals surface area contributed by atoms with Crippen LogP contribution < -0.4 is 10.1 Å². The first-order valence-electron chi connectivity index (χ1n) is 5.84. The highest BCUT2D eigenvalue weighted by molar-refractivity contribution is 9.10. The minimum Gasteiger partial charge on any atom is -0.497 e. The van der Waals surface area contributed by atoms with Crippen molar-refractivity contribution in [3.8, 4) is 5.75 Å². The lowest BCUT2D eigenvalue weighted by molar-refractivity contribution is 0.0952. The number of nitrogens with one attached hydrogen (secondary N) is 1. The van der Waals surface area contributed by atoms with Gasteiger partial charge in [0.15, 0.2) is 0 Å². The normalized spacial score (nSPS) is 12.0. The Morgan fingerprint density at radius 3 is 2.89 bits per heavy atom. The van der Waals surface area contributed by atoms with E-state index < -0.39 is 0 Å². The third-order valence-electron chi connectivity index (χ3n) is 2.60. The lowest BCUT2D eigenvalue weighted by atomic mass is 10.2. The summed E-state index contributed by atoms with van der Waals surface area (Å²) in [6.45, 7) is 2.60. The molecule has 0 radical (unpaired) electrons. The van der Waals surface area contributed by atoms with Crippen LogP contribution in [-0.4, -0.2) is 24.9 Å². The highest BCUT2D eigenvalue weighted by atomic mass is 79.9. The van der Waals surface area contributed by atoms with Gasteiger partial charge in [0.25, 0.3) is 5.91 Å². The van der Waals surface area contributed by atoms with Crippen LogP contribution in [0.2, 0.25) is 0 Å². The van der Waals surface area contributed by atoms with Crippen molar-refractivity contribution in [3.63, 3.8) is 0 Å². The Labute approximate surface area is 121 Å². The van der Waals surface area contributed by atoms with E-state index in [1.54, 1.807) is 25.3 Å². The average Bonchev–Trinajstić information content (AvgIpc) is 2.38. The first-order chi connectivity index (χ1) is 8.58. The molecular weight excluding hydrogens is 318 g/mol. The van der Waals surface area contributed by atoms with Crippen LogP contribution in [0.5, 0.6) is 5.75 Å². The van der Waals surface area contributed by atoms with Crippen LogP contribution in [0, 0.1) is 0 Å². The zero-order valence-electron chi connectivity index (χ0n) is 10.5. The highest BCUT2D eigenvalue weighted by Crippen LogP contribution is 2.22. The predicted molar refractivity (Wildman–Crippen MR) is 77.6 cm³/mol. The fraction of sp³-hybridized carbons (Fsp3) is 0.462. The zero-order chi connectivity index (χ0) is 13.5. The van der Waals surface area contributed by atoms with Crippen molar-refractivity contribution in [2.45, 2.75) is 25.1 Å². The summed E-state index contributed by atoms with van der Waals surface area (Å²) in [5, 5.41) is 2.96. The number of hydrogen-bond donors (Lipinski definition) is 1. The van der Waals surface area contributed by atoms with E-state index in [0.29, 0.717) is 17.9 Å². The monoisotopic (exact) mass is 333 g/mol. The highest BCUT2D eigenvalue weighted by Gasteiger charge is 2.11. The second kappa shape index (κ2) is 7.64. The number of methoxy groups -OCH3 is 1. The Morgan fingerprint density at radius 1 is 1.56 bits per heavy atom. The standard InChI is InChI=1S/C13H17BrClNO2/c1-3-9(15)6-7-16-13(17)11-8-10(18-2)4-5-12(11)14/h4-5,8-9H,3,6-7H2,1-2H3,(H,16,17). The molecule has 1 aromatic rings. The number of carbonyl (C=O) groups is 1. The van der Waals surface area contributed by atoms with Gasteiger partial charge >= 0.3 is 0 Å². The minimum absolute atomic E-state index is 0.110. The molecule has 0 aliphatic rings. The van der Waals surface area contributed by atoms with Gasteiger partial charge in [0.05, 0.1) is 12.7 Å². The number of amides is 1. The molecule has 0 fully saturated rings. The molecule has 0 saturated carbocycles. The Hall–Kier alpha value is -0.740. The summed E-state index contributed by atoms with van der Waals surface area (Å²) in [7, 11) is 1.57. The van der Waals surface area contributed by atoms with Gasteiger partial charge in [-0.1, -0.05) is 6.92 Å². The Bertz CT molecular complexity index is 412. The van der Waals surface area contributed by atoms with Gasteiger partial charge in [-0.15, -0.1) is 11.6 Å². The van der Waals surface area contributed by atoms with Crippen molar-refractivity contribution >= 4 is 33.4 Å². The van der Waals surface area contributed by atoms with Crippen molar-refractivity contribution in [3.05, 3.63) is 28.2 Å². The van der Waals surface area contributed by atoms with Gasteiger partial charge < -0.3 is 10.1 Å².